The number of benzene rings is 2. The smallest absolute Gasteiger partial charge is 0.304 e. The molecular weight excluding hydrogens is 357 g/mol. The molecule has 8 heteroatoms. The molecule has 2 aromatic carbocycles. The molecule has 2 rings (SSSR count). The van der Waals surface area contributed by atoms with Gasteiger partial charge < -0.3 is 4.90 Å². The highest BCUT2D eigenvalue weighted by Crippen LogP contribution is 2.20. The monoisotopic (exact) mass is 379 g/mol. The standard InChI is InChI=1S/C18H22FN3O3S/c1-20(2)26(24,25)22(17-11-9-16(19)10-12-17)14-18(23)21(3)13-15-7-5-4-6-8-15/h4-12H,13-14H2,1-3H3. The Hall–Kier alpha value is -2.45. The number of nitrogens with zero attached hydrogens (tertiary/aromatic N) is 3. The van der Waals surface area contributed by atoms with E-state index in [1.54, 1.807) is 7.05 Å². The van der Waals surface area contributed by atoms with Crippen LogP contribution in [-0.4, -0.2) is 51.2 Å². The number of hydrogen-bond donors (Lipinski definition) is 0. The van der Waals surface area contributed by atoms with Crippen molar-refractivity contribution in [1.82, 2.24) is 9.21 Å². The van der Waals surface area contributed by atoms with Gasteiger partial charge in [-0.25, -0.2) is 8.70 Å². The quantitative estimate of drug-likeness (QED) is 0.740. The second kappa shape index (κ2) is 8.29. The van der Waals surface area contributed by atoms with E-state index in [2.05, 4.69) is 0 Å². The third kappa shape index (κ3) is 4.80. The fourth-order valence-corrected chi connectivity index (χ4v) is 3.36. The molecule has 26 heavy (non-hydrogen) atoms. The minimum atomic E-state index is -3.91. The van der Waals surface area contributed by atoms with E-state index in [1.807, 2.05) is 30.3 Å². The van der Waals surface area contributed by atoms with E-state index in [4.69, 9.17) is 0 Å². The van der Waals surface area contributed by atoms with Crippen molar-refractivity contribution >= 4 is 21.8 Å². The molecule has 0 spiro atoms. The summed E-state index contributed by atoms with van der Waals surface area (Å²) >= 11 is 0. The molecule has 0 bridgehead atoms. The fraction of sp³-hybridized carbons (Fsp3) is 0.278. The van der Waals surface area contributed by atoms with Gasteiger partial charge in [0.15, 0.2) is 0 Å². The number of amides is 1. The Kier molecular flexibility index (Phi) is 6.33. The Morgan fingerprint density at radius 3 is 2.08 bits per heavy atom. The van der Waals surface area contributed by atoms with Crippen molar-refractivity contribution < 1.29 is 17.6 Å². The molecule has 0 fully saturated rings. The molecular formula is C18H22FN3O3S. The normalized spacial score (nSPS) is 11.4. The van der Waals surface area contributed by atoms with Crippen LogP contribution in [0.1, 0.15) is 5.56 Å². The number of hydrogen-bond acceptors (Lipinski definition) is 3. The first-order valence-electron chi connectivity index (χ1n) is 7.95. The molecule has 0 radical (unpaired) electrons. The predicted molar refractivity (Wildman–Crippen MR) is 99.3 cm³/mol. The summed E-state index contributed by atoms with van der Waals surface area (Å²) in [6.07, 6.45) is 0. The van der Waals surface area contributed by atoms with Gasteiger partial charge in [-0.05, 0) is 29.8 Å². The lowest BCUT2D eigenvalue weighted by molar-refractivity contribution is -0.128. The number of rotatable bonds is 7. The lowest BCUT2D eigenvalue weighted by Crippen LogP contribution is -2.46. The van der Waals surface area contributed by atoms with Crippen LogP contribution >= 0.6 is 0 Å². The van der Waals surface area contributed by atoms with Crippen molar-refractivity contribution in [2.24, 2.45) is 0 Å². The summed E-state index contributed by atoms with van der Waals surface area (Å²) in [7, 11) is 0.460. The average Bonchev–Trinajstić information content (AvgIpc) is 2.61. The zero-order chi connectivity index (χ0) is 19.3. The van der Waals surface area contributed by atoms with E-state index < -0.39 is 16.0 Å². The van der Waals surface area contributed by atoms with Gasteiger partial charge in [-0.2, -0.15) is 12.7 Å². The van der Waals surface area contributed by atoms with Crippen LogP contribution in [0.2, 0.25) is 0 Å². The Labute approximate surface area is 153 Å². The van der Waals surface area contributed by atoms with Crippen molar-refractivity contribution in [3.8, 4) is 0 Å². The maximum absolute atomic E-state index is 13.2. The molecule has 140 valence electrons. The zero-order valence-corrected chi connectivity index (χ0v) is 15.8. The summed E-state index contributed by atoms with van der Waals surface area (Å²) in [5.41, 5.74) is 1.16. The first kappa shape index (κ1) is 19.9. The summed E-state index contributed by atoms with van der Waals surface area (Å²) in [4.78, 5) is 14.0. The van der Waals surface area contributed by atoms with Gasteiger partial charge in [0.2, 0.25) is 5.91 Å². The molecule has 6 nitrogen and oxygen atoms in total. The summed E-state index contributed by atoms with van der Waals surface area (Å²) in [6, 6.07) is 14.4. The van der Waals surface area contributed by atoms with Gasteiger partial charge in [0.1, 0.15) is 12.4 Å². The van der Waals surface area contributed by atoms with Crippen molar-refractivity contribution in [1.29, 1.82) is 0 Å². The van der Waals surface area contributed by atoms with Crippen LogP contribution in [0.15, 0.2) is 54.6 Å². The van der Waals surface area contributed by atoms with Gasteiger partial charge in [0.05, 0.1) is 5.69 Å². The average molecular weight is 379 g/mol. The van der Waals surface area contributed by atoms with E-state index in [0.717, 1.165) is 26.3 Å². The van der Waals surface area contributed by atoms with Crippen LogP contribution in [0.5, 0.6) is 0 Å². The third-order valence-electron chi connectivity index (χ3n) is 3.82. The van der Waals surface area contributed by atoms with Crippen LogP contribution in [0.3, 0.4) is 0 Å². The predicted octanol–water partition coefficient (Wildman–Crippen LogP) is 2.10. The van der Waals surface area contributed by atoms with Gasteiger partial charge in [0.25, 0.3) is 0 Å². The van der Waals surface area contributed by atoms with Gasteiger partial charge in [-0.3, -0.25) is 4.79 Å². The summed E-state index contributed by atoms with van der Waals surface area (Å²) in [5.74, 6) is -0.855. The molecule has 1 amide bonds. The van der Waals surface area contributed by atoms with Crippen molar-refractivity contribution in [3.63, 3.8) is 0 Å². The second-order valence-electron chi connectivity index (χ2n) is 6.01. The van der Waals surface area contributed by atoms with Crippen molar-refractivity contribution in [3.05, 3.63) is 66.0 Å². The van der Waals surface area contributed by atoms with Gasteiger partial charge in [-0.1, -0.05) is 30.3 Å². The summed E-state index contributed by atoms with van der Waals surface area (Å²) < 4.78 is 40.4. The molecule has 0 aliphatic heterocycles. The van der Waals surface area contributed by atoms with Crippen molar-refractivity contribution in [2.45, 2.75) is 6.54 Å². The molecule has 0 aliphatic rings. The van der Waals surface area contributed by atoms with E-state index in [0.29, 0.717) is 6.54 Å². The van der Waals surface area contributed by atoms with Gasteiger partial charge in [0, 0.05) is 27.7 Å². The molecule has 0 saturated carbocycles. The van der Waals surface area contributed by atoms with Gasteiger partial charge in [-0.15, -0.1) is 0 Å². The second-order valence-corrected chi connectivity index (χ2v) is 8.08. The highest BCUT2D eigenvalue weighted by atomic mass is 32.2. The Morgan fingerprint density at radius 1 is 0.962 bits per heavy atom. The summed E-state index contributed by atoms with van der Waals surface area (Å²) in [6.45, 7) is -0.0194. The minimum Gasteiger partial charge on any atom is -0.340 e. The molecule has 0 aliphatic carbocycles. The number of carbonyl (C=O) groups excluding carboxylic acids is 1. The molecule has 2 aromatic rings. The Balaban J connectivity index is 2.23. The lowest BCUT2D eigenvalue weighted by Gasteiger charge is -2.28. The first-order chi connectivity index (χ1) is 12.2. The number of likely N-dealkylation sites (N-methyl/N-ethyl adjacent to an activating group) is 1. The molecule has 0 N–H and O–H groups in total. The zero-order valence-electron chi connectivity index (χ0n) is 15.0. The van der Waals surface area contributed by atoms with Crippen molar-refractivity contribution in [2.75, 3.05) is 32.0 Å². The maximum atomic E-state index is 13.2. The van der Waals surface area contributed by atoms with Crippen LogP contribution in [0, 0.1) is 5.82 Å². The number of halogens is 1. The van der Waals surface area contributed by atoms with Crippen LogP contribution in [-0.2, 0) is 21.5 Å². The summed E-state index contributed by atoms with van der Waals surface area (Å²) in [5, 5.41) is 0. The van der Waals surface area contributed by atoms with E-state index in [9.17, 15) is 17.6 Å². The number of carbonyl (C=O) groups is 1. The van der Waals surface area contributed by atoms with E-state index in [1.165, 1.54) is 31.1 Å². The van der Waals surface area contributed by atoms with Crippen LogP contribution < -0.4 is 4.31 Å². The molecule has 0 saturated heterocycles. The minimum absolute atomic E-state index is 0.224. The van der Waals surface area contributed by atoms with E-state index >= 15 is 0 Å². The SMILES string of the molecule is CN(Cc1ccccc1)C(=O)CN(c1ccc(F)cc1)S(=O)(=O)N(C)C. The topological polar surface area (TPSA) is 60.9 Å². The molecule has 0 aromatic heterocycles. The van der Waals surface area contributed by atoms with E-state index in [-0.39, 0.29) is 18.1 Å². The highest BCUT2D eigenvalue weighted by Gasteiger charge is 2.28. The van der Waals surface area contributed by atoms with Crippen LogP contribution in [0.25, 0.3) is 0 Å². The maximum Gasteiger partial charge on any atom is 0.304 e. The molecule has 0 atom stereocenters. The number of anilines is 1. The first-order valence-corrected chi connectivity index (χ1v) is 9.35. The molecule has 0 heterocycles. The largest absolute Gasteiger partial charge is 0.340 e. The van der Waals surface area contributed by atoms with Crippen LogP contribution in [0.4, 0.5) is 10.1 Å². The lowest BCUT2D eigenvalue weighted by atomic mass is 10.2. The molecule has 0 unspecified atom stereocenters. The highest BCUT2D eigenvalue weighted by molar-refractivity contribution is 7.90. The van der Waals surface area contributed by atoms with Gasteiger partial charge >= 0.3 is 10.2 Å². The fourth-order valence-electron chi connectivity index (χ4n) is 2.30. The third-order valence-corrected chi connectivity index (χ3v) is 5.64. The Bertz CT molecular complexity index is 840. The Morgan fingerprint density at radius 2 is 1.54 bits per heavy atom.